The van der Waals surface area contributed by atoms with E-state index in [1.165, 1.54) is 0 Å². The van der Waals surface area contributed by atoms with Gasteiger partial charge in [0.25, 0.3) is 0 Å². The van der Waals surface area contributed by atoms with Gasteiger partial charge in [0, 0.05) is 0 Å². The van der Waals surface area contributed by atoms with Crippen molar-refractivity contribution in [2.75, 3.05) is 12.0 Å². The van der Waals surface area contributed by atoms with Gasteiger partial charge in [0.15, 0.2) is 0 Å². The summed E-state index contributed by atoms with van der Waals surface area (Å²) in [6.07, 6.45) is 7.59. The molecule has 0 saturated heterocycles. The molecule has 1 aliphatic heterocycles. The Balaban J connectivity index is 1.62. The van der Waals surface area contributed by atoms with E-state index in [2.05, 4.69) is 0 Å². The molecule has 0 radical (unpaired) electrons. The van der Waals surface area contributed by atoms with Crippen LogP contribution in [0.15, 0.2) is 91.0 Å². The van der Waals surface area contributed by atoms with Crippen LogP contribution in [0, 0.1) is 0 Å². The molecule has 0 bridgehead atoms. The third-order valence-corrected chi connectivity index (χ3v) is 4.71. The number of rotatable bonds is 4. The van der Waals surface area contributed by atoms with Crippen LogP contribution >= 0.6 is 0 Å². The van der Waals surface area contributed by atoms with Gasteiger partial charge in [-0.2, -0.15) is 0 Å². The number of methoxy groups -OCH3 is 1. The molecule has 0 fully saturated rings. The molecule has 0 aliphatic carbocycles. The molecule has 1 heterocycles. The molecule has 3 aromatic carbocycles. The highest BCUT2D eigenvalue weighted by Gasteiger charge is 2.28. The van der Waals surface area contributed by atoms with Crippen molar-refractivity contribution in [3.05, 3.63) is 102 Å². The van der Waals surface area contributed by atoms with Crippen LogP contribution in [0.2, 0.25) is 0 Å². The molecule has 1 aliphatic rings. The molecule has 4 nitrogen and oxygen atoms in total. The van der Waals surface area contributed by atoms with Crippen molar-refractivity contribution >= 4 is 23.9 Å². The molecule has 3 aromatic rings. The van der Waals surface area contributed by atoms with Crippen LogP contribution in [0.3, 0.4) is 0 Å². The zero-order valence-corrected chi connectivity index (χ0v) is 16.1. The van der Waals surface area contributed by atoms with E-state index in [4.69, 9.17) is 9.47 Å². The highest BCUT2D eigenvalue weighted by molar-refractivity contribution is 5.95. The van der Waals surface area contributed by atoms with Gasteiger partial charge in [-0.05, 0) is 41.5 Å². The van der Waals surface area contributed by atoms with E-state index in [0.717, 1.165) is 22.6 Å². The molecular formula is C25H21NO3. The SMILES string of the molecule is COc1ccc(/C=C/C2C=Cc3ccccc3N2C(=O)Oc2ccccc2)cc1. The molecule has 1 unspecified atom stereocenters. The largest absolute Gasteiger partial charge is 0.497 e. The van der Waals surface area contributed by atoms with E-state index >= 15 is 0 Å². The van der Waals surface area contributed by atoms with Crippen LogP contribution in [-0.2, 0) is 0 Å². The fraction of sp³-hybridized carbons (Fsp3) is 0.0800. The molecule has 29 heavy (non-hydrogen) atoms. The lowest BCUT2D eigenvalue weighted by atomic mass is 10.0. The van der Waals surface area contributed by atoms with Gasteiger partial charge in [0.2, 0.25) is 0 Å². The van der Waals surface area contributed by atoms with E-state index in [1.54, 1.807) is 24.1 Å². The predicted molar refractivity (Wildman–Crippen MR) is 116 cm³/mol. The fourth-order valence-electron chi connectivity index (χ4n) is 3.23. The first-order valence-corrected chi connectivity index (χ1v) is 9.40. The normalized spacial score (nSPS) is 15.2. The molecule has 0 saturated carbocycles. The highest BCUT2D eigenvalue weighted by atomic mass is 16.6. The van der Waals surface area contributed by atoms with Gasteiger partial charge < -0.3 is 9.47 Å². The van der Waals surface area contributed by atoms with Gasteiger partial charge in [0.05, 0.1) is 18.8 Å². The van der Waals surface area contributed by atoms with E-state index in [1.807, 2.05) is 91.0 Å². The second-order valence-corrected chi connectivity index (χ2v) is 6.59. The van der Waals surface area contributed by atoms with Crippen LogP contribution in [0.5, 0.6) is 11.5 Å². The number of carbonyl (C=O) groups excluding carboxylic acids is 1. The minimum absolute atomic E-state index is 0.261. The van der Waals surface area contributed by atoms with Crippen molar-refractivity contribution in [2.24, 2.45) is 0 Å². The number of nitrogens with zero attached hydrogens (tertiary/aromatic N) is 1. The van der Waals surface area contributed by atoms with Crippen LogP contribution in [0.1, 0.15) is 11.1 Å². The lowest BCUT2D eigenvalue weighted by Crippen LogP contribution is -2.42. The molecule has 144 valence electrons. The number of amides is 1. The smallest absolute Gasteiger partial charge is 0.420 e. The molecule has 4 heteroatoms. The van der Waals surface area contributed by atoms with E-state index in [-0.39, 0.29) is 6.04 Å². The molecule has 1 amide bonds. The maximum atomic E-state index is 13.1. The topological polar surface area (TPSA) is 38.8 Å². The van der Waals surface area contributed by atoms with Crippen molar-refractivity contribution in [3.8, 4) is 11.5 Å². The predicted octanol–water partition coefficient (Wildman–Crippen LogP) is 5.81. The highest BCUT2D eigenvalue weighted by Crippen LogP contribution is 2.30. The van der Waals surface area contributed by atoms with Gasteiger partial charge in [-0.15, -0.1) is 0 Å². The van der Waals surface area contributed by atoms with Gasteiger partial charge in [-0.3, -0.25) is 4.90 Å². The van der Waals surface area contributed by atoms with E-state index < -0.39 is 6.09 Å². The summed E-state index contributed by atoms with van der Waals surface area (Å²) >= 11 is 0. The standard InChI is InChI=1S/C25H21NO3/c1-28-22-17-12-19(13-18-22)11-15-21-16-14-20-7-5-6-10-24(20)26(21)25(27)29-23-8-3-2-4-9-23/h2-18,21H,1H3/b15-11+. The number of benzene rings is 3. The lowest BCUT2D eigenvalue weighted by Gasteiger charge is -2.31. The average Bonchev–Trinajstić information content (AvgIpc) is 2.78. The van der Waals surface area contributed by atoms with E-state index in [9.17, 15) is 4.79 Å². The summed E-state index contributed by atoms with van der Waals surface area (Å²) in [6, 6.07) is 24.4. The maximum Gasteiger partial charge on any atom is 0.420 e. The third-order valence-electron chi connectivity index (χ3n) is 4.71. The molecule has 4 rings (SSSR count). The number of ether oxygens (including phenoxy) is 2. The minimum atomic E-state index is -0.419. The Bertz CT molecular complexity index is 1040. The van der Waals surface area contributed by atoms with Gasteiger partial charge in [-0.25, -0.2) is 4.79 Å². The van der Waals surface area contributed by atoms with Crippen LogP contribution in [0.4, 0.5) is 10.5 Å². The second-order valence-electron chi connectivity index (χ2n) is 6.59. The van der Waals surface area contributed by atoms with Crippen LogP contribution < -0.4 is 14.4 Å². The van der Waals surface area contributed by atoms with Crippen molar-refractivity contribution in [2.45, 2.75) is 6.04 Å². The quantitative estimate of drug-likeness (QED) is 0.571. The third kappa shape index (κ3) is 4.22. The van der Waals surface area contributed by atoms with Crippen molar-refractivity contribution in [1.29, 1.82) is 0 Å². The maximum absolute atomic E-state index is 13.1. The monoisotopic (exact) mass is 383 g/mol. The first-order chi connectivity index (χ1) is 14.2. The summed E-state index contributed by atoms with van der Waals surface area (Å²) in [7, 11) is 1.64. The molecule has 0 aromatic heterocycles. The summed E-state index contributed by atoms with van der Waals surface area (Å²) in [5.74, 6) is 1.32. The Morgan fingerprint density at radius 2 is 1.62 bits per heavy atom. The van der Waals surface area contributed by atoms with Gasteiger partial charge in [-0.1, -0.05) is 72.8 Å². The number of hydrogen-bond donors (Lipinski definition) is 0. The summed E-state index contributed by atoms with van der Waals surface area (Å²) < 4.78 is 10.8. The first kappa shape index (κ1) is 18.6. The Morgan fingerprint density at radius 1 is 0.897 bits per heavy atom. The van der Waals surface area contributed by atoms with Gasteiger partial charge >= 0.3 is 6.09 Å². The summed E-state index contributed by atoms with van der Waals surface area (Å²) in [6.45, 7) is 0. The molecular weight excluding hydrogens is 362 g/mol. The summed E-state index contributed by atoms with van der Waals surface area (Å²) in [5.41, 5.74) is 2.82. The van der Waals surface area contributed by atoms with Crippen molar-refractivity contribution < 1.29 is 14.3 Å². The molecule has 0 N–H and O–H groups in total. The fourth-order valence-corrected chi connectivity index (χ4v) is 3.23. The number of fused-ring (bicyclic) bond motifs is 1. The average molecular weight is 383 g/mol. The number of anilines is 1. The Morgan fingerprint density at radius 3 is 2.38 bits per heavy atom. The summed E-state index contributed by atoms with van der Waals surface area (Å²) in [4.78, 5) is 14.7. The van der Waals surface area contributed by atoms with Crippen molar-refractivity contribution in [3.63, 3.8) is 0 Å². The van der Waals surface area contributed by atoms with Crippen molar-refractivity contribution in [1.82, 2.24) is 0 Å². The number of hydrogen-bond acceptors (Lipinski definition) is 3. The number of carbonyl (C=O) groups is 1. The second kappa shape index (κ2) is 8.48. The molecule has 1 atom stereocenters. The Hall–Kier alpha value is -3.79. The lowest BCUT2D eigenvalue weighted by molar-refractivity contribution is 0.207. The van der Waals surface area contributed by atoms with Gasteiger partial charge in [0.1, 0.15) is 11.5 Å². The number of para-hydroxylation sites is 2. The van der Waals surface area contributed by atoms with Crippen LogP contribution in [-0.4, -0.2) is 19.2 Å². The zero-order chi connectivity index (χ0) is 20.1. The Labute approximate surface area is 170 Å². The first-order valence-electron chi connectivity index (χ1n) is 9.40. The Kier molecular flexibility index (Phi) is 5.43. The van der Waals surface area contributed by atoms with Crippen LogP contribution in [0.25, 0.3) is 12.2 Å². The minimum Gasteiger partial charge on any atom is -0.497 e. The van der Waals surface area contributed by atoms with E-state index in [0.29, 0.717) is 5.75 Å². The zero-order valence-electron chi connectivity index (χ0n) is 16.1. The molecule has 0 spiro atoms. The summed E-state index contributed by atoms with van der Waals surface area (Å²) in [5, 5.41) is 0.